The van der Waals surface area contributed by atoms with Crippen LogP contribution in [-0.2, 0) is 6.54 Å². The predicted octanol–water partition coefficient (Wildman–Crippen LogP) is 2.66. The first kappa shape index (κ1) is 18.1. The maximum absolute atomic E-state index is 12.1. The summed E-state index contributed by atoms with van der Waals surface area (Å²) < 4.78 is 41.6. The standard InChI is InChI=1S/C15H12F3N7O2/c16-15(17,18)27-12-3-1-11(2-4-12)21-14(26)22-13-7-10(5-6-19-13)8-25-9-20-23-24-25/h1-7,9H,8H2,(H2,19,21,22,26). The van der Waals surface area contributed by atoms with Crippen LogP contribution in [0.4, 0.5) is 29.5 Å². The Morgan fingerprint density at radius 3 is 2.59 bits per heavy atom. The molecule has 2 aromatic heterocycles. The minimum Gasteiger partial charge on any atom is -0.406 e. The van der Waals surface area contributed by atoms with Crippen LogP contribution >= 0.6 is 0 Å². The van der Waals surface area contributed by atoms with Crippen molar-refractivity contribution < 1.29 is 22.7 Å². The Bertz CT molecular complexity index is 899. The number of amides is 2. The second-order valence-corrected chi connectivity index (χ2v) is 5.21. The summed E-state index contributed by atoms with van der Waals surface area (Å²) in [6.45, 7) is 0.395. The third-order valence-electron chi connectivity index (χ3n) is 3.15. The van der Waals surface area contributed by atoms with Crippen LogP contribution in [0, 0.1) is 0 Å². The van der Waals surface area contributed by atoms with Crippen molar-refractivity contribution in [3.63, 3.8) is 0 Å². The number of pyridine rings is 1. The fourth-order valence-corrected chi connectivity index (χ4v) is 2.10. The number of tetrazole rings is 1. The van der Waals surface area contributed by atoms with E-state index in [0.717, 1.165) is 17.7 Å². The van der Waals surface area contributed by atoms with Crippen LogP contribution in [0.3, 0.4) is 0 Å². The van der Waals surface area contributed by atoms with Gasteiger partial charge in [-0.2, -0.15) is 0 Å². The lowest BCUT2D eigenvalue weighted by Gasteiger charge is -2.10. The molecule has 2 heterocycles. The summed E-state index contributed by atoms with van der Waals surface area (Å²) >= 11 is 0. The van der Waals surface area contributed by atoms with E-state index in [0.29, 0.717) is 6.54 Å². The number of aromatic nitrogens is 5. The molecule has 0 aliphatic heterocycles. The highest BCUT2D eigenvalue weighted by Gasteiger charge is 2.30. The molecule has 0 saturated carbocycles. The number of carbonyl (C=O) groups is 1. The summed E-state index contributed by atoms with van der Waals surface area (Å²) in [6.07, 6.45) is -1.81. The van der Waals surface area contributed by atoms with Crippen molar-refractivity contribution in [2.75, 3.05) is 10.6 Å². The molecule has 1 aromatic carbocycles. The summed E-state index contributed by atoms with van der Waals surface area (Å²) in [4.78, 5) is 16.0. The summed E-state index contributed by atoms with van der Waals surface area (Å²) in [5.41, 5.74) is 1.09. The molecule has 0 saturated heterocycles. The molecule has 12 heteroatoms. The Kier molecular flexibility index (Phi) is 5.15. The van der Waals surface area contributed by atoms with Crippen molar-refractivity contribution in [2.45, 2.75) is 12.9 Å². The monoisotopic (exact) mass is 379 g/mol. The summed E-state index contributed by atoms with van der Waals surface area (Å²) in [5.74, 6) is -0.0967. The van der Waals surface area contributed by atoms with Gasteiger partial charge in [-0.3, -0.25) is 5.32 Å². The normalized spacial score (nSPS) is 11.1. The van der Waals surface area contributed by atoms with Gasteiger partial charge in [-0.15, -0.1) is 18.3 Å². The molecule has 0 aliphatic rings. The Morgan fingerprint density at radius 2 is 1.93 bits per heavy atom. The molecule has 0 radical (unpaired) electrons. The molecule has 0 spiro atoms. The Labute approximate surface area is 150 Å². The third kappa shape index (κ3) is 5.66. The van der Waals surface area contributed by atoms with Gasteiger partial charge in [-0.25, -0.2) is 14.5 Å². The van der Waals surface area contributed by atoms with E-state index in [2.05, 4.69) is 35.9 Å². The summed E-state index contributed by atoms with van der Waals surface area (Å²) in [7, 11) is 0. The number of nitrogens with one attached hydrogen (secondary N) is 2. The SMILES string of the molecule is O=C(Nc1ccc(OC(F)(F)F)cc1)Nc1cc(Cn2cnnn2)ccn1. The molecule has 3 rings (SSSR count). The van der Waals surface area contributed by atoms with Crippen LogP contribution in [0.2, 0.25) is 0 Å². The number of ether oxygens (including phenoxy) is 1. The van der Waals surface area contributed by atoms with E-state index in [1.165, 1.54) is 29.3 Å². The minimum atomic E-state index is -4.77. The number of nitrogens with zero attached hydrogens (tertiary/aromatic N) is 5. The summed E-state index contributed by atoms with van der Waals surface area (Å²) in [5, 5.41) is 15.8. The maximum Gasteiger partial charge on any atom is 0.573 e. The lowest BCUT2D eigenvalue weighted by molar-refractivity contribution is -0.274. The van der Waals surface area contributed by atoms with Crippen LogP contribution in [0.1, 0.15) is 5.56 Å². The van der Waals surface area contributed by atoms with E-state index in [1.54, 1.807) is 12.1 Å². The van der Waals surface area contributed by atoms with Gasteiger partial charge in [0, 0.05) is 11.9 Å². The molecule has 0 aliphatic carbocycles. The zero-order valence-corrected chi connectivity index (χ0v) is 13.5. The molecule has 0 unspecified atom stereocenters. The topological polar surface area (TPSA) is 107 Å². The van der Waals surface area contributed by atoms with E-state index < -0.39 is 12.4 Å². The molecular formula is C15H12F3N7O2. The van der Waals surface area contributed by atoms with Gasteiger partial charge >= 0.3 is 12.4 Å². The van der Waals surface area contributed by atoms with Gasteiger partial charge < -0.3 is 10.1 Å². The Hall–Kier alpha value is -3.70. The van der Waals surface area contributed by atoms with Gasteiger partial charge in [0.2, 0.25) is 0 Å². The molecule has 9 nitrogen and oxygen atoms in total. The van der Waals surface area contributed by atoms with E-state index >= 15 is 0 Å². The summed E-state index contributed by atoms with van der Waals surface area (Å²) in [6, 6.07) is 7.52. The Balaban J connectivity index is 1.57. The van der Waals surface area contributed by atoms with Gasteiger partial charge in [0.25, 0.3) is 0 Å². The van der Waals surface area contributed by atoms with E-state index in [4.69, 9.17) is 0 Å². The molecule has 0 atom stereocenters. The van der Waals surface area contributed by atoms with E-state index in [9.17, 15) is 18.0 Å². The number of anilines is 2. The number of hydrogen-bond acceptors (Lipinski definition) is 6. The van der Waals surface area contributed by atoms with Crippen molar-refractivity contribution in [3.05, 3.63) is 54.5 Å². The fourth-order valence-electron chi connectivity index (χ4n) is 2.10. The van der Waals surface area contributed by atoms with Gasteiger partial charge in [-0.05, 0) is 52.4 Å². The number of carbonyl (C=O) groups excluding carboxylic acids is 1. The van der Waals surface area contributed by atoms with Gasteiger partial charge in [0.1, 0.15) is 17.9 Å². The van der Waals surface area contributed by atoms with E-state index in [-0.39, 0.29) is 17.3 Å². The lowest BCUT2D eigenvalue weighted by atomic mass is 10.2. The first-order valence-corrected chi connectivity index (χ1v) is 7.47. The van der Waals surface area contributed by atoms with Crippen LogP contribution in [0.15, 0.2) is 48.9 Å². The number of urea groups is 1. The van der Waals surface area contributed by atoms with Gasteiger partial charge in [0.15, 0.2) is 0 Å². The number of halogens is 3. The molecule has 2 amide bonds. The first-order valence-electron chi connectivity index (χ1n) is 7.47. The van der Waals surface area contributed by atoms with Crippen LogP contribution in [-0.4, -0.2) is 37.6 Å². The highest BCUT2D eigenvalue weighted by molar-refractivity contribution is 5.99. The zero-order valence-electron chi connectivity index (χ0n) is 13.5. The molecule has 2 N–H and O–H groups in total. The molecular weight excluding hydrogens is 367 g/mol. The average molecular weight is 379 g/mol. The molecule has 0 fully saturated rings. The highest BCUT2D eigenvalue weighted by atomic mass is 19.4. The van der Waals surface area contributed by atoms with Gasteiger partial charge in [0.05, 0.1) is 6.54 Å². The van der Waals surface area contributed by atoms with Crippen molar-refractivity contribution in [2.24, 2.45) is 0 Å². The van der Waals surface area contributed by atoms with Crippen molar-refractivity contribution in [3.8, 4) is 5.75 Å². The number of benzene rings is 1. The molecule has 0 bridgehead atoms. The Morgan fingerprint density at radius 1 is 1.15 bits per heavy atom. The number of alkyl halides is 3. The lowest BCUT2D eigenvalue weighted by Crippen LogP contribution is -2.20. The molecule has 27 heavy (non-hydrogen) atoms. The van der Waals surface area contributed by atoms with Crippen LogP contribution < -0.4 is 15.4 Å². The average Bonchev–Trinajstić information content (AvgIpc) is 3.08. The second-order valence-electron chi connectivity index (χ2n) is 5.21. The van der Waals surface area contributed by atoms with Gasteiger partial charge in [-0.1, -0.05) is 0 Å². The van der Waals surface area contributed by atoms with Crippen molar-refractivity contribution >= 4 is 17.5 Å². The molecule has 140 valence electrons. The fraction of sp³-hybridized carbons (Fsp3) is 0.133. The second kappa shape index (κ2) is 7.68. The van der Waals surface area contributed by atoms with Crippen molar-refractivity contribution in [1.29, 1.82) is 0 Å². The highest BCUT2D eigenvalue weighted by Crippen LogP contribution is 2.24. The quantitative estimate of drug-likeness (QED) is 0.706. The van der Waals surface area contributed by atoms with Crippen LogP contribution in [0.5, 0.6) is 5.75 Å². The third-order valence-corrected chi connectivity index (χ3v) is 3.15. The van der Waals surface area contributed by atoms with Crippen molar-refractivity contribution in [1.82, 2.24) is 25.2 Å². The first-order chi connectivity index (χ1) is 12.9. The largest absolute Gasteiger partial charge is 0.573 e. The number of hydrogen-bond donors (Lipinski definition) is 2. The predicted molar refractivity (Wildman–Crippen MR) is 86.9 cm³/mol. The van der Waals surface area contributed by atoms with E-state index in [1.807, 2.05) is 0 Å². The minimum absolute atomic E-state index is 0.284. The maximum atomic E-state index is 12.1. The number of rotatable bonds is 5. The zero-order chi connectivity index (χ0) is 19.3. The van der Waals surface area contributed by atoms with Crippen LogP contribution in [0.25, 0.3) is 0 Å². The smallest absolute Gasteiger partial charge is 0.406 e. The molecule has 3 aromatic rings.